The van der Waals surface area contributed by atoms with Crippen LogP contribution in [0.1, 0.15) is 32.8 Å². The fourth-order valence-electron chi connectivity index (χ4n) is 2.15. The van der Waals surface area contributed by atoms with Crippen molar-refractivity contribution in [2.45, 2.75) is 32.7 Å². The molecule has 0 aromatic heterocycles. The second kappa shape index (κ2) is 7.28. The zero-order valence-corrected chi connectivity index (χ0v) is 12.3. The minimum Gasteiger partial charge on any atom is -0.309 e. The Morgan fingerprint density at radius 3 is 2.42 bits per heavy atom. The van der Waals surface area contributed by atoms with E-state index in [1.54, 1.807) is 0 Å². The van der Waals surface area contributed by atoms with Gasteiger partial charge in [0.15, 0.2) is 0 Å². The standard InChI is InChI=1S/C16H25N3/c1-4-14(3)11-19(5-2)13-16(18,12-17)15-9-7-6-8-10-15/h6-10,14H,4-5,11,13,18H2,1-3H3. The first-order valence-electron chi connectivity index (χ1n) is 7.03. The maximum atomic E-state index is 9.47. The first-order valence-corrected chi connectivity index (χ1v) is 7.03. The van der Waals surface area contributed by atoms with E-state index in [2.05, 4.69) is 31.7 Å². The molecule has 19 heavy (non-hydrogen) atoms. The van der Waals surface area contributed by atoms with E-state index < -0.39 is 5.54 Å². The number of nitriles is 1. The van der Waals surface area contributed by atoms with Gasteiger partial charge in [0, 0.05) is 13.1 Å². The maximum absolute atomic E-state index is 9.47. The SMILES string of the molecule is CCC(C)CN(CC)CC(N)(C#N)c1ccccc1. The predicted octanol–water partition coefficient (Wildman–Crippen LogP) is 2.73. The van der Waals surface area contributed by atoms with Crippen molar-refractivity contribution in [2.75, 3.05) is 19.6 Å². The van der Waals surface area contributed by atoms with Crippen molar-refractivity contribution in [3.05, 3.63) is 35.9 Å². The number of nitrogens with two attached hydrogens (primary N) is 1. The molecule has 0 radical (unpaired) electrons. The van der Waals surface area contributed by atoms with Crippen LogP contribution >= 0.6 is 0 Å². The number of rotatable bonds is 7. The average molecular weight is 259 g/mol. The molecule has 0 spiro atoms. The largest absolute Gasteiger partial charge is 0.309 e. The molecular weight excluding hydrogens is 234 g/mol. The summed E-state index contributed by atoms with van der Waals surface area (Å²) in [5.74, 6) is 0.624. The molecule has 1 rings (SSSR count). The second-order valence-electron chi connectivity index (χ2n) is 5.29. The van der Waals surface area contributed by atoms with E-state index >= 15 is 0 Å². The van der Waals surface area contributed by atoms with Crippen LogP contribution in [0.4, 0.5) is 0 Å². The van der Waals surface area contributed by atoms with Crippen molar-refractivity contribution in [3.63, 3.8) is 0 Å². The van der Waals surface area contributed by atoms with E-state index in [0.29, 0.717) is 12.5 Å². The molecule has 104 valence electrons. The third-order valence-electron chi connectivity index (χ3n) is 3.68. The van der Waals surface area contributed by atoms with E-state index in [1.165, 1.54) is 0 Å². The van der Waals surface area contributed by atoms with Gasteiger partial charge >= 0.3 is 0 Å². The van der Waals surface area contributed by atoms with Crippen molar-refractivity contribution < 1.29 is 0 Å². The van der Waals surface area contributed by atoms with Gasteiger partial charge < -0.3 is 10.6 Å². The highest BCUT2D eigenvalue weighted by Gasteiger charge is 2.29. The highest BCUT2D eigenvalue weighted by molar-refractivity contribution is 5.31. The van der Waals surface area contributed by atoms with Gasteiger partial charge in [-0.25, -0.2) is 0 Å². The van der Waals surface area contributed by atoms with Crippen molar-refractivity contribution in [3.8, 4) is 6.07 Å². The highest BCUT2D eigenvalue weighted by atomic mass is 15.1. The summed E-state index contributed by atoms with van der Waals surface area (Å²) in [6.07, 6.45) is 1.14. The number of likely N-dealkylation sites (N-methyl/N-ethyl adjacent to an activating group) is 1. The summed E-state index contributed by atoms with van der Waals surface area (Å²) in [6.45, 7) is 9.02. The molecular formula is C16H25N3. The third kappa shape index (κ3) is 4.34. The normalized spacial score (nSPS) is 15.8. The van der Waals surface area contributed by atoms with Gasteiger partial charge in [0.25, 0.3) is 0 Å². The van der Waals surface area contributed by atoms with E-state index in [-0.39, 0.29) is 0 Å². The number of hydrogen-bond acceptors (Lipinski definition) is 3. The van der Waals surface area contributed by atoms with Crippen LogP contribution in [0.5, 0.6) is 0 Å². The van der Waals surface area contributed by atoms with E-state index in [1.807, 2.05) is 30.3 Å². The van der Waals surface area contributed by atoms with Gasteiger partial charge in [-0.1, -0.05) is 57.5 Å². The summed E-state index contributed by atoms with van der Waals surface area (Å²) in [5.41, 5.74) is 6.27. The van der Waals surface area contributed by atoms with Crippen LogP contribution in [0, 0.1) is 17.2 Å². The van der Waals surface area contributed by atoms with Crippen molar-refractivity contribution in [1.29, 1.82) is 5.26 Å². The molecule has 0 aliphatic carbocycles. The van der Waals surface area contributed by atoms with Gasteiger partial charge in [-0.15, -0.1) is 0 Å². The van der Waals surface area contributed by atoms with Crippen LogP contribution < -0.4 is 5.73 Å². The molecule has 0 saturated heterocycles. The molecule has 0 fully saturated rings. The molecule has 2 atom stereocenters. The highest BCUT2D eigenvalue weighted by Crippen LogP contribution is 2.19. The lowest BCUT2D eigenvalue weighted by atomic mass is 9.91. The van der Waals surface area contributed by atoms with Gasteiger partial charge in [0.05, 0.1) is 6.07 Å². The van der Waals surface area contributed by atoms with Gasteiger partial charge in [-0.05, 0) is 18.0 Å². The first kappa shape index (κ1) is 15.7. The summed E-state index contributed by atoms with van der Waals surface area (Å²) < 4.78 is 0. The Kier molecular flexibility index (Phi) is 6.01. The molecule has 0 heterocycles. The van der Waals surface area contributed by atoms with E-state index in [0.717, 1.165) is 25.1 Å². The molecule has 0 bridgehead atoms. The molecule has 1 aromatic rings. The Morgan fingerprint density at radius 1 is 1.32 bits per heavy atom. The average Bonchev–Trinajstić information content (AvgIpc) is 2.47. The van der Waals surface area contributed by atoms with Gasteiger partial charge in [0.2, 0.25) is 0 Å². The van der Waals surface area contributed by atoms with Crippen molar-refractivity contribution in [1.82, 2.24) is 4.90 Å². The molecule has 0 aliphatic heterocycles. The monoisotopic (exact) mass is 259 g/mol. The molecule has 0 amide bonds. The van der Waals surface area contributed by atoms with E-state index in [9.17, 15) is 5.26 Å². The lowest BCUT2D eigenvalue weighted by molar-refractivity contribution is 0.213. The first-order chi connectivity index (χ1) is 9.05. The molecule has 2 unspecified atom stereocenters. The smallest absolute Gasteiger partial charge is 0.142 e. The number of benzene rings is 1. The second-order valence-corrected chi connectivity index (χ2v) is 5.29. The fourth-order valence-corrected chi connectivity index (χ4v) is 2.15. The molecule has 3 nitrogen and oxygen atoms in total. The zero-order chi connectivity index (χ0) is 14.3. The Labute approximate surface area is 117 Å². The Morgan fingerprint density at radius 2 is 1.95 bits per heavy atom. The number of nitrogens with zero attached hydrogens (tertiary/aromatic N) is 2. The lowest BCUT2D eigenvalue weighted by Gasteiger charge is -2.31. The Balaban J connectivity index is 2.83. The minimum absolute atomic E-state index is 0.578. The quantitative estimate of drug-likeness (QED) is 0.819. The maximum Gasteiger partial charge on any atom is 0.142 e. The third-order valence-corrected chi connectivity index (χ3v) is 3.68. The summed E-state index contributed by atoms with van der Waals surface area (Å²) in [6, 6.07) is 12.0. The van der Waals surface area contributed by atoms with Crippen LogP contribution in [0.25, 0.3) is 0 Å². The lowest BCUT2D eigenvalue weighted by Crippen LogP contribution is -2.47. The molecule has 1 aromatic carbocycles. The molecule has 2 N–H and O–H groups in total. The summed E-state index contributed by atoms with van der Waals surface area (Å²) in [4.78, 5) is 2.27. The van der Waals surface area contributed by atoms with Gasteiger partial charge in [-0.3, -0.25) is 0 Å². The topological polar surface area (TPSA) is 53.0 Å². The Hall–Kier alpha value is -1.37. The van der Waals surface area contributed by atoms with Crippen LogP contribution in [0.15, 0.2) is 30.3 Å². The minimum atomic E-state index is -0.926. The Bertz CT molecular complexity index is 410. The van der Waals surface area contributed by atoms with Gasteiger partial charge in [-0.2, -0.15) is 5.26 Å². The molecule has 0 aliphatic rings. The van der Waals surface area contributed by atoms with Crippen LogP contribution in [0.3, 0.4) is 0 Å². The van der Waals surface area contributed by atoms with Gasteiger partial charge in [0.1, 0.15) is 5.54 Å². The van der Waals surface area contributed by atoms with Crippen LogP contribution in [-0.4, -0.2) is 24.5 Å². The molecule has 3 heteroatoms. The van der Waals surface area contributed by atoms with Crippen molar-refractivity contribution in [2.24, 2.45) is 11.7 Å². The van der Waals surface area contributed by atoms with Crippen LogP contribution in [-0.2, 0) is 5.54 Å². The molecule has 0 saturated carbocycles. The van der Waals surface area contributed by atoms with E-state index in [4.69, 9.17) is 5.73 Å². The fraction of sp³-hybridized carbons (Fsp3) is 0.562. The van der Waals surface area contributed by atoms with Crippen LogP contribution in [0.2, 0.25) is 0 Å². The van der Waals surface area contributed by atoms with Crippen molar-refractivity contribution >= 4 is 0 Å². The zero-order valence-electron chi connectivity index (χ0n) is 12.3. The summed E-state index contributed by atoms with van der Waals surface area (Å²) >= 11 is 0. The summed E-state index contributed by atoms with van der Waals surface area (Å²) in [7, 11) is 0. The predicted molar refractivity (Wildman–Crippen MR) is 79.5 cm³/mol. The summed E-state index contributed by atoms with van der Waals surface area (Å²) in [5, 5.41) is 9.47. The number of hydrogen-bond donors (Lipinski definition) is 1.